The van der Waals surface area contributed by atoms with E-state index in [9.17, 15) is 0 Å². The van der Waals surface area contributed by atoms with E-state index in [1.165, 1.54) is 0 Å². The van der Waals surface area contributed by atoms with Crippen LogP contribution in [0.3, 0.4) is 0 Å². The molecular formula is CHFeNNiRb-. The van der Waals surface area contributed by atoms with E-state index in [4.69, 9.17) is 11.8 Å². The minimum atomic E-state index is 0. The van der Waals surface area contributed by atoms with Crippen LogP contribution in [0.2, 0.25) is 0 Å². The van der Waals surface area contributed by atoms with Crippen molar-refractivity contribution < 1.29 is 93.2 Å². The van der Waals surface area contributed by atoms with Gasteiger partial charge in [-0.1, -0.05) is 0 Å². The fourth-order valence-electron chi connectivity index (χ4n) is 0. The predicted octanol–water partition coefficient (Wildman–Crippen LogP) is -2.79. The molecule has 0 bridgehead atoms. The fraction of sp³-hybridized carbons (Fsp3) is 0. The molecule has 0 aromatic carbocycles. The maximum atomic E-state index is 6.25. The molecule has 0 aliphatic heterocycles. The average Bonchev–Trinajstić information content (AvgIpc) is 1.00. The second-order valence-corrected chi connectivity index (χ2v) is 0. The molecule has 0 N–H and O–H groups in total. The van der Waals surface area contributed by atoms with Gasteiger partial charge in [0, 0.05) is 33.6 Å². The van der Waals surface area contributed by atoms with Gasteiger partial charge in [0.05, 0.1) is 0 Å². The SMILES string of the molecule is [C-]#N.[Fe].[H-].[Ni].[Rb+]. The Hall–Kier alpha value is 2.31. The third-order valence-electron chi connectivity index (χ3n) is 0. The Balaban J connectivity index is -0.000000000833. The summed E-state index contributed by atoms with van der Waals surface area (Å²) in [6, 6.07) is 0. The van der Waals surface area contributed by atoms with Crippen LogP contribution in [0.1, 0.15) is 1.43 Å². The van der Waals surface area contributed by atoms with E-state index in [0.29, 0.717) is 0 Å². The van der Waals surface area contributed by atoms with Crippen molar-refractivity contribution in [1.82, 2.24) is 0 Å². The van der Waals surface area contributed by atoms with Gasteiger partial charge in [-0.2, -0.15) is 0 Å². The van der Waals surface area contributed by atoms with Crippen molar-refractivity contribution in [1.29, 1.82) is 5.26 Å². The van der Waals surface area contributed by atoms with Crippen LogP contribution in [0.4, 0.5) is 0 Å². The zero-order chi connectivity index (χ0) is 2.00. The molecule has 0 atom stereocenters. The number of hydrogen-bond acceptors (Lipinski definition) is 1. The maximum absolute atomic E-state index is 6.25. The fourth-order valence-corrected chi connectivity index (χ4v) is 0. The summed E-state index contributed by atoms with van der Waals surface area (Å²) in [5, 5.41) is 6.25. The van der Waals surface area contributed by atoms with Crippen molar-refractivity contribution in [2.24, 2.45) is 0 Å². The molecule has 0 heterocycles. The third-order valence-corrected chi connectivity index (χ3v) is 0. The Bertz CT molecular complexity index is 20.3. The van der Waals surface area contributed by atoms with Crippen LogP contribution in [0.5, 0.6) is 0 Å². The molecular weight excluding hydrogens is 226 g/mol. The summed E-state index contributed by atoms with van der Waals surface area (Å²) < 4.78 is 0. The van der Waals surface area contributed by atoms with Crippen LogP contribution in [0.15, 0.2) is 0 Å². The summed E-state index contributed by atoms with van der Waals surface area (Å²) in [6.07, 6.45) is 0. The summed E-state index contributed by atoms with van der Waals surface area (Å²) in [5.74, 6) is 0. The van der Waals surface area contributed by atoms with E-state index >= 15 is 0 Å². The van der Waals surface area contributed by atoms with Gasteiger partial charge in [0.1, 0.15) is 0 Å². The Labute approximate surface area is 103 Å². The summed E-state index contributed by atoms with van der Waals surface area (Å²) in [7, 11) is 0. The normalized spacial score (nSPS) is 0.400. The smallest absolute Gasteiger partial charge is 1.00 e. The summed E-state index contributed by atoms with van der Waals surface area (Å²) in [6.45, 7) is 4.75. The standard InChI is InChI=1S/CN.Fe.Ni.Rb.H/c1-2;;;;/q-1;;;+1;-1. The van der Waals surface area contributed by atoms with Crippen molar-refractivity contribution in [3.05, 3.63) is 6.57 Å². The van der Waals surface area contributed by atoms with Crippen LogP contribution in [-0.4, -0.2) is 0 Å². The Kier molecular flexibility index (Phi) is 177. The van der Waals surface area contributed by atoms with Crippen molar-refractivity contribution >= 4 is 0 Å². The third kappa shape index (κ3) is 22.0. The maximum Gasteiger partial charge on any atom is 1.00 e. The van der Waals surface area contributed by atoms with Crippen molar-refractivity contribution in [2.75, 3.05) is 0 Å². The van der Waals surface area contributed by atoms with Crippen LogP contribution >= 0.6 is 0 Å². The average molecular weight is 227 g/mol. The predicted molar refractivity (Wildman–Crippen MR) is 6.08 cm³/mol. The summed E-state index contributed by atoms with van der Waals surface area (Å²) >= 11 is 0. The molecule has 0 aliphatic rings. The minimum Gasteiger partial charge on any atom is -1.00 e. The second kappa shape index (κ2) is 33.4. The molecule has 0 rings (SSSR count). The first-order valence-corrected chi connectivity index (χ1v) is 0.224. The van der Waals surface area contributed by atoms with Crippen molar-refractivity contribution in [3.63, 3.8) is 0 Å². The minimum absolute atomic E-state index is 0. The molecule has 4 heteroatoms. The zero-order valence-corrected chi connectivity index (χ0v) is 9.62. The Morgan fingerprint density at radius 2 is 1.40 bits per heavy atom. The van der Waals surface area contributed by atoms with Gasteiger partial charge in [-0.05, 0) is 0 Å². The van der Waals surface area contributed by atoms with Gasteiger partial charge in [0.25, 0.3) is 0 Å². The van der Waals surface area contributed by atoms with Gasteiger partial charge in [-0.3, -0.25) is 0 Å². The summed E-state index contributed by atoms with van der Waals surface area (Å²) in [4.78, 5) is 0. The molecule has 0 radical (unpaired) electrons. The zero-order valence-electron chi connectivity index (χ0n) is 3.62. The van der Waals surface area contributed by atoms with Crippen LogP contribution in [0.25, 0.3) is 0 Å². The Morgan fingerprint density at radius 3 is 1.40 bits per heavy atom. The van der Waals surface area contributed by atoms with Crippen molar-refractivity contribution in [3.8, 4) is 0 Å². The molecule has 0 spiro atoms. The molecule has 5 heavy (non-hydrogen) atoms. The van der Waals surface area contributed by atoms with Gasteiger partial charge in [-0.15, -0.1) is 0 Å². The van der Waals surface area contributed by atoms with Gasteiger partial charge >= 0.3 is 58.2 Å². The van der Waals surface area contributed by atoms with E-state index in [1.807, 2.05) is 0 Å². The number of rotatable bonds is 0. The van der Waals surface area contributed by atoms with Gasteiger partial charge in [-0.25, -0.2) is 0 Å². The van der Waals surface area contributed by atoms with E-state index < -0.39 is 0 Å². The Morgan fingerprint density at radius 1 is 1.40 bits per heavy atom. The molecule has 0 saturated carbocycles. The molecule has 0 aromatic rings. The molecule has 0 unspecified atom stereocenters. The largest absolute Gasteiger partial charge is 1.00 e. The first kappa shape index (κ1) is 26.6. The molecule has 1 nitrogen and oxygen atoms in total. The van der Waals surface area contributed by atoms with Gasteiger partial charge in [0.15, 0.2) is 0 Å². The number of hydrogen-bond donors (Lipinski definition) is 0. The van der Waals surface area contributed by atoms with Crippen LogP contribution in [0, 0.1) is 11.8 Å². The van der Waals surface area contributed by atoms with Crippen molar-refractivity contribution in [2.45, 2.75) is 0 Å². The first-order chi connectivity index (χ1) is 1.00. The van der Waals surface area contributed by atoms with Gasteiger partial charge in [0.2, 0.25) is 0 Å². The van der Waals surface area contributed by atoms with Gasteiger partial charge < -0.3 is 13.3 Å². The molecule has 30 valence electrons. The van der Waals surface area contributed by atoms with E-state index in [-0.39, 0.29) is 93.2 Å². The molecule has 0 aliphatic carbocycles. The quantitative estimate of drug-likeness (QED) is 0.324. The number of nitrogens with zero attached hydrogens (tertiary/aromatic N) is 1. The van der Waals surface area contributed by atoms with E-state index in [0.717, 1.165) is 0 Å². The monoisotopic (exact) mass is 226 g/mol. The molecule has 0 fully saturated rings. The molecule has 0 aromatic heterocycles. The van der Waals surface area contributed by atoms with E-state index in [2.05, 4.69) is 0 Å². The molecule has 0 saturated heterocycles. The van der Waals surface area contributed by atoms with Crippen LogP contribution < -0.4 is 58.2 Å². The summed E-state index contributed by atoms with van der Waals surface area (Å²) in [5.41, 5.74) is 0. The molecule has 0 amide bonds. The van der Waals surface area contributed by atoms with Crippen LogP contribution in [-0.2, 0) is 33.6 Å². The van der Waals surface area contributed by atoms with E-state index in [1.54, 1.807) is 0 Å². The first-order valence-electron chi connectivity index (χ1n) is 0.224. The second-order valence-electron chi connectivity index (χ2n) is 0. The topological polar surface area (TPSA) is 23.8 Å².